The van der Waals surface area contributed by atoms with Crippen molar-refractivity contribution in [3.63, 3.8) is 0 Å². The maximum atomic E-state index is 11.1. The van der Waals surface area contributed by atoms with Crippen LogP contribution >= 0.6 is 11.6 Å². The molecule has 3 N–H and O–H groups in total. The van der Waals surface area contributed by atoms with Gasteiger partial charge in [-0.2, -0.15) is 0 Å². The molecule has 1 rings (SSSR count). The van der Waals surface area contributed by atoms with Crippen LogP contribution in [0.2, 0.25) is 5.02 Å². The van der Waals surface area contributed by atoms with Crippen molar-refractivity contribution in [2.24, 2.45) is 5.73 Å². The minimum absolute atomic E-state index is 0.436. The third kappa shape index (κ3) is 2.64. The molecule has 0 aliphatic rings. The van der Waals surface area contributed by atoms with E-state index in [9.17, 15) is 4.79 Å². The molecule has 1 aromatic rings. The van der Waals surface area contributed by atoms with E-state index in [1.807, 2.05) is 6.92 Å². The number of benzene rings is 1. The molecule has 14 heavy (non-hydrogen) atoms. The third-order valence-electron chi connectivity index (χ3n) is 1.81. The quantitative estimate of drug-likeness (QED) is 0.805. The first-order valence-electron chi connectivity index (χ1n) is 4.48. The first-order valence-corrected chi connectivity index (χ1v) is 4.86. The lowest BCUT2D eigenvalue weighted by Crippen LogP contribution is -2.14. The van der Waals surface area contributed by atoms with Crippen molar-refractivity contribution < 1.29 is 4.79 Å². The van der Waals surface area contributed by atoms with Gasteiger partial charge in [-0.1, -0.05) is 18.5 Å². The Morgan fingerprint density at radius 1 is 1.57 bits per heavy atom. The first-order chi connectivity index (χ1) is 6.65. The SMILES string of the molecule is CCCNc1ccc(Cl)cc1C(N)=O. The monoisotopic (exact) mass is 212 g/mol. The highest BCUT2D eigenvalue weighted by molar-refractivity contribution is 6.31. The van der Waals surface area contributed by atoms with Crippen molar-refractivity contribution in [1.82, 2.24) is 0 Å². The van der Waals surface area contributed by atoms with Gasteiger partial charge in [0, 0.05) is 17.3 Å². The number of hydrogen-bond acceptors (Lipinski definition) is 2. The molecule has 0 radical (unpaired) electrons. The van der Waals surface area contributed by atoms with Crippen LogP contribution in [0.15, 0.2) is 18.2 Å². The molecular formula is C10H13ClN2O. The van der Waals surface area contributed by atoms with Gasteiger partial charge < -0.3 is 11.1 Å². The van der Waals surface area contributed by atoms with Crippen molar-refractivity contribution in [3.8, 4) is 0 Å². The number of amides is 1. The van der Waals surface area contributed by atoms with E-state index in [1.165, 1.54) is 0 Å². The van der Waals surface area contributed by atoms with Gasteiger partial charge >= 0.3 is 0 Å². The van der Waals surface area contributed by atoms with E-state index in [4.69, 9.17) is 17.3 Å². The van der Waals surface area contributed by atoms with Crippen LogP contribution in [0.25, 0.3) is 0 Å². The minimum Gasteiger partial charge on any atom is -0.384 e. The molecule has 0 aliphatic carbocycles. The second-order valence-corrected chi connectivity index (χ2v) is 3.42. The zero-order chi connectivity index (χ0) is 10.6. The number of hydrogen-bond donors (Lipinski definition) is 2. The predicted molar refractivity (Wildman–Crippen MR) is 58.8 cm³/mol. The van der Waals surface area contributed by atoms with Crippen molar-refractivity contribution >= 4 is 23.2 Å². The van der Waals surface area contributed by atoms with Crippen LogP contribution in [0.4, 0.5) is 5.69 Å². The predicted octanol–water partition coefficient (Wildman–Crippen LogP) is 2.26. The summed E-state index contributed by atoms with van der Waals surface area (Å²) in [5.74, 6) is -0.467. The molecule has 0 saturated carbocycles. The Labute approximate surface area is 88.2 Å². The molecule has 0 atom stereocenters. The lowest BCUT2D eigenvalue weighted by Gasteiger charge is -2.08. The van der Waals surface area contributed by atoms with Crippen molar-refractivity contribution in [3.05, 3.63) is 28.8 Å². The van der Waals surface area contributed by atoms with Crippen LogP contribution in [0.1, 0.15) is 23.7 Å². The van der Waals surface area contributed by atoms with Crippen molar-refractivity contribution in [2.75, 3.05) is 11.9 Å². The van der Waals surface area contributed by atoms with Crippen molar-refractivity contribution in [2.45, 2.75) is 13.3 Å². The molecule has 1 amide bonds. The maximum absolute atomic E-state index is 11.1. The number of halogens is 1. The van der Waals surface area contributed by atoms with Gasteiger partial charge in [0.15, 0.2) is 0 Å². The van der Waals surface area contributed by atoms with Gasteiger partial charge in [-0.05, 0) is 24.6 Å². The average Bonchev–Trinajstić information content (AvgIpc) is 2.15. The number of primary amides is 1. The zero-order valence-corrected chi connectivity index (χ0v) is 8.77. The lowest BCUT2D eigenvalue weighted by molar-refractivity contribution is 0.100. The fourth-order valence-corrected chi connectivity index (χ4v) is 1.31. The summed E-state index contributed by atoms with van der Waals surface area (Å²) in [6, 6.07) is 5.06. The summed E-state index contributed by atoms with van der Waals surface area (Å²) in [5, 5.41) is 3.63. The third-order valence-corrected chi connectivity index (χ3v) is 2.05. The summed E-state index contributed by atoms with van der Waals surface area (Å²) >= 11 is 5.76. The fourth-order valence-electron chi connectivity index (χ4n) is 1.13. The van der Waals surface area contributed by atoms with E-state index in [1.54, 1.807) is 18.2 Å². The van der Waals surface area contributed by atoms with E-state index in [0.29, 0.717) is 10.6 Å². The van der Waals surface area contributed by atoms with E-state index in [-0.39, 0.29) is 0 Å². The Bertz CT molecular complexity index is 339. The van der Waals surface area contributed by atoms with Crippen LogP contribution < -0.4 is 11.1 Å². The number of nitrogens with two attached hydrogens (primary N) is 1. The molecule has 76 valence electrons. The van der Waals surface area contributed by atoms with E-state index >= 15 is 0 Å². The van der Waals surface area contributed by atoms with E-state index < -0.39 is 5.91 Å². The highest BCUT2D eigenvalue weighted by atomic mass is 35.5. The van der Waals surface area contributed by atoms with Gasteiger partial charge in [-0.3, -0.25) is 4.79 Å². The van der Waals surface area contributed by atoms with Gasteiger partial charge in [-0.25, -0.2) is 0 Å². The van der Waals surface area contributed by atoms with Crippen LogP contribution in [0.3, 0.4) is 0 Å². The molecule has 1 aromatic carbocycles. The van der Waals surface area contributed by atoms with Crippen LogP contribution in [0.5, 0.6) is 0 Å². The largest absolute Gasteiger partial charge is 0.384 e. The number of carbonyl (C=O) groups is 1. The lowest BCUT2D eigenvalue weighted by atomic mass is 10.1. The number of nitrogens with one attached hydrogen (secondary N) is 1. The van der Waals surface area contributed by atoms with Crippen LogP contribution in [-0.4, -0.2) is 12.5 Å². The molecule has 3 nitrogen and oxygen atoms in total. The molecule has 0 aliphatic heterocycles. The second kappa shape index (κ2) is 4.86. The van der Waals surface area contributed by atoms with Gasteiger partial charge in [0.2, 0.25) is 0 Å². The summed E-state index contributed by atoms with van der Waals surface area (Å²) < 4.78 is 0. The van der Waals surface area contributed by atoms with Gasteiger partial charge in [-0.15, -0.1) is 0 Å². The Balaban J connectivity index is 2.96. The molecule has 0 aromatic heterocycles. The maximum Gasteiger partial charge on any atom is 0.250 e. The molecule has 0 heterocycles. The number of carbonyl (C=O) groups excluding carboxylic acids is 1. The summed E-state index contributed by atoms with van der Waals surface area (Å²) in [6.07, 6.45) is 0.987. The molecule has 0 bridgehead atoms. The first kappa shape index (κ1) is 10.9. The van der Waals surface area contributed by atoms with Gasteiger partial charge in [0.25, 0.3) is 5.91 Å². The second-order valence-electron chi connectivity index (χ2n) is 2.98. The molecule has 0 saturated heterocycles. The Morgan fingerprint density at radius 3 is 2.86 bits per heavy atom. The molecule has 0 fully saturated rings. The summed E-state index contributed by atoms with van der Waals surface area (Å²) in [6.45, 7) is 2.86. The van der Waals surface area contributed by atoms with Crippen molar-refractivity contribution in [1.29, 1.82) is 0 Å². The average molecular weight is 213 g/mol. The molecule has 4 heteroatoms. The molecular weight excluding hydrogens is 200 g/mol. The molecule has 0 spiro atoms. The minimum atomic E-state index is -0.467. The van der Waals surface area contributed by atoms with E-state index in [2.05, 4.69) is 5.32 Å². The highest BCUT2D eigenvalue weighted by Gasteiger charge is 2.07. The Hall–Kier alpha value is -1.22. The number of anilines is 1. The van der Waals surface area contributed by atoms with Crippen LogP contribution in [0, 0.1) is 0 Å². The zero-order valence-electron chi connectivity index (χ0n) is 8.01. The summed E-state index contributed by atoms with van der Waals surface area (Å²) in [7, 11) is 0. The normalized spacial score (nSPS) is 9.86. The Morgan fingerprint density at radius 2 is 2.29 bits per heavy atom. The fraction of sp³-hybridized carbons (Fsp3) is 0.300. The summed E-state index contributed by atoms with van der Waals surface area (Å²) in [4.78, 5) is 11.1. The highest BCUT2D eigenvalue weighted by Crippen LogP contribution is 2.20. The summed E-state index contributed by atoms with van der Waals surface area (Å²) in [5.41, 5.74) is 6.39. The smallest absolute Gasteiger partial charge is 0.250 e. The number of rotatable bonds is 4. The van der Waals surface area contributed by atoms with E-state index in [0.717, 1.165) is 18.7 Å². The molecule has 0 unspecified atom stereocenters. The van der Waals surface area contributed by atoms with Crippen LogP contribution in [-0.2, 0) is 0 Å². The topological polar surface area (TPSA) is 55.1 Å². The van der Waals surface area contributed by atoms with Gasteiger partial charge in [0.1, 0.15) is 0 Å². The Kier molecular flexibility index (Phi) is 3.77. The van der Waals surface area contributed by atoms with Gasteiger partial charge in [0.05, 0.1) is 5.56 Å². The standard InChI is InChI=1S/C10H13ClN2O/c1-2-5-13-9-4-3-7(11)6-8(9)10(12)14/h3-4,6,13H,2,5H2,1H3,(H2,12,14).